The molecule has 4 aromatic rings. The lowest BCUT2D eigenvalue weighted by atomic mass is 9.85. The van der Waals surface area contributed by atoms with E-state index in [-0.39, 0.29) is 9.52 Å². The highest BCUT2D eigenvalue weighted by molar-refractivity contribution is 6.51. The number of nitrogens with zero attached hydrogens (tertiary/aromatic N) is 4. The zero-order valence-electron chi connectivity index (χ0n) is 17.4. The first kappa shape index (κ1) is 19.2. The van der Waals surface area contributed by atoms with Gasteiger partial charge in [0.1, 0.15) is 5.69 Å². The molecule has 0 unspecified atom stereocenters. The molecule has 2 N–H and O–H groups in total. The summed E-state index contributed by atoms with van der Waals surface area (Å²) in [5, 5.41) is 14.9. The molecule has 1 aliphatic carbocycles. The molecule has 30 heavy (non-hydrogen) atoms. The lowest BCUT2D eigenvalue weighted by Crippen LogP contribution is -2.26. The Labute approximate surface area is 178 Å². The molecule has 0 saturated heterocycles. The van der Waals surface area contributed by atoms with E-state index >= 15 is 0 Å². The third-order valence-corrected chi connectivity index (χ3v) is 7.30. The van der Waals surface area contributed by atoms with Gasteiger partial charge in [-0.2, -0.15) is 0 Å². The van der Waals surface area contributed by atoms with Crippen molar-refractivity contribution in [1.29, 1.82) is 0 Å². The van der Waals surface area contributed by atoms with E-state index in [9.17, 15) is 0 Å². The molecule has 3 heterocycles. The van der Waals surface area contributed by atoms with Crippen LogP contribution in [0.3, 0.4) is 0 Å². The summed E-state index contributed by atoms with van der Waals surface area (Å²) in [6.07, 6.45) is 10.0. The largest absolute Gasteiger partial charge is 0.357 e. The number of aromatic nitrogens is 5. The number of aromatic amines is 1. The molecular weight excluding hydrogens is 388 g/mol. The summed E-state index contributed by atoms with van der Waals surface area (Å²) in [5.74, 6) is 0.885. The lowest BCUT2D eigenvalue weighted by molar-refractivity contribution is 0.301. The molecule has 0 bridgehead atoms. The Kier molecular flexibility index (Phi) is 5.46. The van der Waals surface area contributed by atoms with Gasteiger partial charge in [-0.25, -0.2) is 4.68 Å². The summed E-state index contributed by atoms with van der Waals surface area (Å²) in [7, 11) is -0.227. The first-order chi connectivity index (χ1) is 14.8. The lowest BCUT2D eigenvalue weighted by Gasteiger charge is -2.25. The zero-order valence-corrected chi connectivity index (χ0v) is 18.8. The molecule has 1 aromatic carbocycles. The van der Waals surface area contributed by atoms with Gasteiger partial charge in [0.25, 0.3) is 0 Å². The van der Waals surface area contributed by atoms with Crippen molar-refractivity contribution in [3.63, 3.8) is 0 Å². The van der Waals surface area contributed by atoms with Gasteiger partial charge in [-0.05, 0) is 53.6 Å². The molecule has 7 heteroatoms. The van der Waals surface area contributed by atoms with Gasteiger partial charge in [0, 0.05) is 35.7 Å². The van der Waals surface area contributed by atoms with Gasteiger partial charge in [-0.3, -0.25) is 4.98 Å². The number of H-pyrrole nitrogens is 1. The van der Waals surface area contributed by atoms with Gasteiger partial charge < -0.3 is 10.3 Å². The van der Waals surface area contributed by atoms with Crippen LogP contribution in [-0.4, -0.2) is 41.0 Å². The van der Waals surface area contributed by atoms with Crippen LogP contribution in [0.25, 0.3) is 22.2 Å². The number of pyridine rings is 1. The van der Waals surface area contributed by atoms with Crippen molar-refractivity contribution in [2.45, 2.75) is 38.9 Å². The van der Waals surface area contributed by atoms with E-state index in [1.165, 1.54) is 46.6 Å². The number of nitrogens with one attached hydrogen (secondary N) is 2. The molecule has 154 valence electrons. The highest BCUT2D eigenvalue weighted by atomic mass is 28.2. The van der Waals surface area contributed by atoms with Gasteiger partial charge in [-0.1, -0.05) is 36.4 Å². The summed E-state index contributed by atoms with van der Waals surface area (Å²) in [6.45, 7) is 5.01. The molecule has 6 nitrogen and oxygen atoms in total. The predicted octanol–water partition coefficient (Wildman–Crippen LogP) is 2.60. The van der Waals surface area contributed by atoms with E-state index in [2.05, 4.69) is 62.5 Å². The summed E-state index contributed by atoms with van der Waals surface area (Å²) in [6, 6.07) is 11.0. The van der Waals surface area contributed by atoms with Crippen LogP contribution in [0.15, 0.2) is 48.9 Å². The van der Waals surface area contributed by atoms with Gasteiger partial charge in [-0.15, -0.1) is 5.10 Å². The van der Waals surface area contributed by atoms with Crippen molar-refractivity contribution in [2.24, 2.45) is 5.92 Å². The van der Waals surface area contributed by atoms with Crippen LogP contribution < -0.4 is 10.5 Å². The standard InChI is InChI=1S/C23H28N6Si/c1-30-21-9-19(11-25-13-21)23-15-29(28-27-23)14-17-5-6-18-8-20(26-22(18)7-17)12-24-10-16-3-2-4-16/h5-9,11,13,15-16,24,26H,2-4,10,12,14,30H2,1H3. The van der Waals surface area contributed by atoms with E-state index in [0.717, 1.165) is 30.3 Å². The highest BCUT2D eigenvalue weighted by Crippen LogP contribution is 2.25. The Balaban J connectivity index is 1.26. The van der Waals surface area contributed by atoms with E-state index < -0.39 is 0 Å². The maximum absolute atomic E-state index is 4.36. The normalized spacial score (nSPS) is 14.7. The third-order valence-electron chi connectivity index (χ3n) is 6.10. The average Bonchev–Trinajstić information content (AvgIpc) is 3.36. The van der Waals surface area contributed by atoms with Gasteiger partial charge >= 0.3 is 0 Å². The van der Waals surface area contributed by atoms with Gasteiger partial charge in [0.2, 0.25) is 0 Å². The Morgan fingerprint density at radius 1 is 1.20 bits per heavy atom. The van der Waals surface area contributed by atoms with Gasteiger partial charge in [0.15, 0.2) is 0 Å². The second-order valence-corrected chi connectivity index (χ2v) is 9.90. The summed E-state index contributed by atoms with van der Waals surface area (Å²) < 4.78 is 1.90. The number of hydrogen-bond donors (Lipinski definition) is 2. The number of fused-ring (bicyclic) bond motifs is 1. The molecule has 0 amide bonds. The SMILES string of the molecule is C[SiH2]c1cncc(-c2cn(Cc3ccc4cc(CNCC5CCC5)[nH]c4c3)nn2)c1. The van der Waals surface area contributed by atoms with E-state index in [1.54, 1.807) is 0 Å². The molecule has 0 spiro atoms. The van der Waals surface area contributed by atoms with Crippen molar-refractivity contribution in [2.75, 3.05) is 6.54 Å². The Bertz CT molecular complexity index is 1140. The van der Waals surface area contributed by atoms with Crippen LogP contribution >= 0.6 is 0 Å². The Morgan fingerprint density at radius 2 is 2.13 bits per heavy atom. The Hall–Kier alpha value is -2.77. The van der Waals surface area contributed by atoms with Crippen LogP contribution in [0.4, 0.5) is 0 Å². The summed E-state index contributed by atoms with van der Waals surface area (Å²) in [4.78, 5) is 7.91. The van der Waals surface area contributed by atoms with Crippen molar-refractivity contribution in [3.8, 4) is 11.3 Å². The smallest absolute Gasteiger partial charge is 0.114 e. The van der Waals surface area contributed by atoms with Gasteiger partial charge in [0.05, 0.1) is 22.3 Å². The maximum Gasteiger partial charge on any atom is 0.114 e. The van der Waals surface area contributed by atoms with Crippen molar-refractivity contribution in [3.05, 3.63) is 60.2 Å². The van der Waals surface area contributed by atoms with Crippen molar-refractivity contribution in [1.82, 2.24) is 30.3 Å². The molecule has 0 atom stereocenters. The van der Waals surface area contributed by atoms with Crippen LogP contribution in [-0.2, 0) is 13.1 Å². The zero-order chi connectivity index (χ0) is 20.3. The third kappa shape index (κ3) is 4.22. The quantitative estimate of drug-likeness (QED) is 0.433. The fourth-order valence-corrected chi connectivity index (χ4v) is 4.76. The topological polar surface area (TPSA) is 71.4 Å². The molecule has 0 radical (unpaired) electrons. The number of rotatable bonds is 8. The first-order valence-electron chi connectivity index (χ1n) is 10.9. The molecule has 3 aromatic heterocycles. The second-order valence-electron chi connectivity index (χ2n) is 8.38. The predicted molar refractivity (Wildman–Crippen MR) is 124 cm³/mol. The van der Waals surface area contributed by atoms with Crippen molar-refractivity contribution >= 4 is 25.6 Å². The molecule has 0 aliphatic heterocycles. The van der Waals surface area contributed by atoms with Crippen molar-refractivity contribution < 1.29 is 0 Å². The summed E-state index contributed by atoms with van der Waals surface area (Å²) >= 11 is 0. The van der Waals surface area contributed by atoms with E-state index in [4.69, 9.17) is 0 Å². The first-order valence-corrected chi connectivity index (χ1v) is 13.0. The summed E-state index contributed by atoms with van der Waals surface area (Å²) in [5.41, 5.74) is 5.57. The second kappa shape index (κ2) is 8.53. The van der Waals surface area contributed by atoms with Crippen LogP contribution in [0.5, 0.6) is 0 Å². The minimum absolute atomic E-state index is 0.227. The Morgan fingerprint density at radius 3 is 2.97 bits per heavy atom. The average molecular weight is 417 g/mol. The molecule has 1 saturated carbocycles. The maximum atomic E-state index is 4.36. The van der Waals surface area contributed by atoms with Crippen LogP contribution in [0, 0.1) is 5.92 Å². The minimum atomic E-state index is -0.227. The highest BCUT2D eigenvalue weighted by Gasteiger charge is 2.16. The van der Waals surface area contributed by atoms with E-state index in [1.807, 2.05) is 23.3 Å². The number of benzene rings is 1. The van der Waals surface area contributed by atoms with E-state index in [0.29, 0.717) is 6.54 Å². The number of hydrogen-bond acceptors (Lipinski definition) is 4. The monoisotopic (exact) mass is 416 g/mol. The minimum Gasteiger partial charge on any atom is -0.357 e. The molecule has 1 aliphatic rings. The molecule has 5 rings (SSSR count). The molecular formula is C23H28N6Si. The fraction of sp³-hybridized carbons (Fsp3) is 0.348. The van der Waals surface area contributed by atoms with Crippen LogP contribution in [0.2, 0.25) is 6.55 Å². The fourth-order valence-electron chi connectivity index (χ4n) is 4.05. The van der Waals surface area contributed by atoms with Crippen LogP contribution in [0.1, 0.15) is 30.5 Å². The molecule has 1 fully saturated rings.